The first-order valence-corrected chi connectivity index (χ1v) is 13.4. The van der Waals surface area contributed by atoms with Crippen LogP contribution in [0.3, 0.4) is 0 Å². The van der Waals surface area contributed by atoms with Crippen LogP contribution in [-0.2, 0) is 15.4 Å². The van der Waals surface area contributed by atoms with Crippen LogP contribution in [0.25, 0.3) is 0 Å². The van der Waals surface area contributed by atoms with Crippen LogP contribution < -0.4 is 0 Å². The average Bonchev–Trinajstić information content (AvgIpc) is 3.31. The standard InChI is InChI=1S/C32H36N4O2/c1-20-15-22(3)27(23(4)16-20)29-33-37-31(7)19-32(26-11-9-8-10-12-26)36(14-13-35(29)31)30(34-38-32)28-24(5)17-21(2)18-25(28)6/h8-12,15-18H,13-14,19H2,1-7H3/t31-,32-/m1/s1. The van der Waals surface area contributed by atoms with Gasteiger partial charge >= 0.3 is 0 Å². The maximum Gasteiger partial charge on any atom is 0.243 e. The second kappa shape index (κ2) is 8.62. The number of aryl methyl sites for hydroxylation is 6. The number of oxime groups is 2. The molecule has 3 aromatic carbocycles. The Morgan fingerprint density at radius 1 is 0.658 bits per heavy atom. The molecule has 3 heterocycles. The molecule has 3 aromatic rings. The molecule has 6 nitrogen and oxygen atoms in total. The Labute approximate surface area is 225 Å². The average molecular weight is 509 g/mol. The van der Waals surface area contributed by atoms with E-state index in [2.05, 4.69) is 107 Å². The lowest BCUT2D eigenvalue weighted by Crippen LogP contribution is -2.51. The van der Waals surface area contributed by atoms with Gasteiger partial charge < -0.3 is 19.5 Å². The van der Waals surface area contributed by atoms with E-state index in [1.807, 2.05) is 6.07 Å². The lowest BCUT2D eigenvalue weighted by molar-refractivity contribution is -0.170. The predicted octanol–water partition coefficient (Wildman–Crippen LogP) is 6.20. The molecule has 0 aromatic heterocycles. The highest BCUT2D eigenvalue weighted by Crippen LogP contribution is 2.48. The van der Waals surface area contributed by atoms with Gasteiger partial charge in [-0.2, -0.15) is 0 Å². The first-order chi connectivity index (χ1) is 18.1. The summed E-state index contributed by atoms with van der Waals surface area (Å²) in [6.07, 6.45) is 0.540. The summed E-state index contributed by atoms with van der Waals surface area (Å²) < 4.78 is 0. The molecule has 0 aliphatic carbocycles. The van der Waals surface area contributed by atoms with Crippen molar-refractivity contribution in [1.82, 2.24) is 9.80 Å². The van der Waals surface area contributed by atoms with Gasteiger partial charge in [-0.25, -0.2) is 0 Å². The third-order valence-electron chi connectivity index (χ3n) is 8.27. The van der Waals surface area contributed by atoms with Crippen molar-refractivity contribution in [3.05, 3.63) is 105 Å². The topological polar surface area (TPSA) is 49.7 Å². The number of nitrogens with zero attached hydrogens (tertiary/aromatic N) is 4. The summed E-state index contributed by atoms with van der Waals surface area (Å²) in [5.74, 6) is 1.78. The highest BCUT2D eigenvalue weighted by Gasteiger charge is 2.59. The predicted molar refractivity (Wildman–Crippen MR) is 151 cm³/mol. The van der Waals surface area contributed by atoms with Gasteiger partial charge in [-0.3, -0.25) is 0 Å². The molecule has 0 spiro atoms. The fourth-order valence-electron chi connectivity index (χ4n) is 6.82. The smallest absolute Gasteiger partial charge is 0.243 e. The number of hydrogen-bond acceptors (Lipinski definition) is 6. The van der Waals surface area contributed by atoms with Crippen LogP contribution in [0.15, 0.2) is 64.9 Å². The van der Waals surface area contributed by atoms with E-state index in [0.29, 0.717) is 13.0 Å². The molecule has 0 saturated carbocycles. The van der Waals surface area contributed by atoms with E-state index in [4.69, 9.17) is 20.0 Å². The van der Waals surface area contributed by atoms with Crippen molar-refractivity contribution in [3.63, 3.8) is 0 Å². The van der Waals surface area contributed by atoms with E-state index in [1.165, 1.54) is 33.4 Å². The molecule has 6 rings (SSSR count). The van der Waals surface area contributed by atoms with Crippen molar-refractivity contribution < 1.29 is 9.68 Å². The minimum atomic E-state index is -0.813. The summed E-state index contributed by atoms with van der Waals surface area (Å²) in [7, 11) is 0. The fourth-order valence-corrected chi connectivity index (χ4v) is 6.82. The SMILES string of the molecule is Cc1cc(C)c(C2=NO[C@]3(C)C[C@]4(c5ccccc5)ON=C(c5c(C)cc(C)cc5C)N4CCN23)c(C)c1. The highest BCUT2D eigenvalue weighted by molar-refractivity contribution is 6.03. The highest BCUT2D eigenvalue weighted by atomic mass is 16.7. The summed E-state index contributed by atoms with van der Waals surface area (Å²) >= 11 is 0. The summed E-state index contributed by atoms with van der Waals surface area (Å²) in [6, 6.07) is 19.3. The van der Waals surface area contributed by atoms with Crippen LogP contribution in [0.2, 0.25) is 0 Å². The molecule has 1 fully saturated rings. The minimum absolute atomic E-state index is 0.540. The zero-order chi connectivity index (χ0) is 26.8. The summed E-state index contributed by atoms with van der Waals surface area (Å²) in [4.78, 5) is 17.6. The molecular weight excluding hydrogens is 472 g/mol. The molecule has 2 atom stereocenters. The van der Waals surface area contributed by atoms with Gasteiger partial charge in [-0.15, -0.1) is 0 Å². The molecule has 0 amide bonds. The molecule has 0 bridgehead atoms. The lowest BCUT2D eigenvalue weighted by Gasteiger charge is -2.39. The van der Waals surface area contributed by atoms with Gasteiger partial charge in [0.25, 0.3) is 0 Å². The van der Waals surface area contributed by atoms with Crippen LogP contribution in [0.5, 0.6) is 0 Å². The van der Waals surface area contributed by atoms with E-state index >= 15 is 0 Å². The quantitative estimate of drug-likeness (QED) is 0.423. The van der Waals surface area contributed by atoms with Gasteiger partial charge in [0.15, 0.2) is 11.7 Å². The van der Waals surface area contributed by atoms with E-state index in [0.717, 1.165) is 34.9 Å². The van der Waals surface area contributed by atoms with E-state index in [1.54, 1.807) is 0 Å². The third-order valence-corrected chi connectivity index (χ3v) is 8.27. The van der Waals surface area contributed by atoms with Gasteiger partial charge in [0, 0.05) is 29.8 Å². The second-order valence-electron chi connectivity index (χ2n) is 11.4. The Hall–Kier alpha value is -3.80. The van der Waals surface area contributed by atoms with Crippen LogP contribution in [-0.4, -0.2) is 40.3 Å². The van der Waals surface area contributed by atoms with Crippen molar-refractivity contribution >= 4 is 11.7 Å². The molecule has 0 N–H and O–H groups in total. The van der Waals surface area contributed by atoms with E-state index in [-0.39, 0.29) is 0 Å². The van der Waals surface area contributed by atoms with Crippen molar-refractivity contribution in [2.75, 3.05) is 13.1 Å². The van der Waals surface area contributed by atoms with Crippen molar-refractivity contribution in [2.45, 2.75) is 66.3 Å². The Kier molecular flexibility index (Phi) is 5.56. The Morgan fingerprint density at radius 3 is 1.68 bits per heavy atom. The minimum Gasteiger partial charge on any atom is -0.365 e. The fraction of sp³-hybridized carbons (Fsp3) is 0.375. The molecule has 0 radical (unpaired) electrons. The zero-order valence-corrected chi connectivity index (χ0v) is 23.4. The number of fused-ring (bicyclic) bond motifs is 2. The van der Waals surface area contributed by atoms with Crippen LogP contribution in [0, 0.1) is 41.5 Å². The maximum absolute atomic E-state index is 6.55. The molecule has 6 heteroatoms. The zero-order valence-electron chi connectivity index (χ0n) is 23.4. The normalized spacial score (nSPS) is 24.2. The Morgan fingerprint density at radius 2 is 1.13 bits per heavy atom. The molecule has 3 aliphatic rings. The molecule has 1 saturated heterocycles. The summed E-state index contributed by atoms with van der Waals surface area (Å²) in [6.45, 7) is 16.5. The van der Waals surface area contributed by atoms with E-state index in [9.17, 15) is 0 Å². The van der Waals surface area contributed by atoms with Gasteiger partial charge in [-0.05, 0) is 70.7 Å². The summed E-state index contributed by atoms with van der Waals surface area (Å²) in [5.41, 5.74) is 9.16. The van der Waals surface area contributed by atoms with E-state index < -0.39 is 11.4 Å². The first kappa shape index (κ1) is 24.5. The lowest BCUT2D eigenvalue weighted by atomic mass is 9.90. The van der Waals surface area contributed by atoms with Crippen molar-refractivity contribution in [2.24, 2.45) is 10.3 Å². The van der Waals surface area contributed by atoms with Crippen LogP contribution in [0.1, 0.15) is 63.4 Å². The molecule has 196 valence electrons. The third kappa shape index (κ3) is 3.61. The van der Waals surface area contributed by atoms with Crippen molar-refractivity contribution in [1.29, 1.82) is 0 Å². The van der Waals surface area contributed by atoms with Crippen LogP contribution in [0.4, 0.5) is 0 Å². The summed E-state index contributed by atoms with van der Waals surface area (Å²) in [5, 5.41) is 9.48. The number of hydrogen-bond donors (Lipinski definition) is 0. The largest absolute Gasteiger partial charge is 0.365 e. The number of benzene rings is 3. The van der Waals surface area contributed by atoms with Gasteiger partial charge in [0.05, 0.1) is 6.42 Å². The molecule has 0 unspecified atom stereocenters. The number of amidine groups is 2. The Bertz CT molecular complexity index is 1450. The van der Waals surface area contributed by atoms with Crippen molar-refractivity contribution in [3.8, 4) is 0 Å². The number of rotatable bonds is 3. The second-order valence-corrected chi connectivity index (χ2v) is 11.4. The monoisotopic (exact) mass is 508 g/mol. The molecule has 3 aliphatic heterocycles. The van der Waals surface area contributed by atoms with Gasteiger partial charge in [0.1, 0.15) is 0 Å². The molecular formula is C32H36N4O2. The first-order valence-electron chi connectivity index (χ1n) is 13.4. The Balaban J connectivity index is 1.47. The molecule has 38 heavy (non-hydrogen) atoms. The van der Waals surface area contributed by atoms with Gasteiger partial charge in [-0.1, -0.05) is 76.0 Å². The van der Waals surface area contributed by atoms with Crippen LogP contribution >= 0.6 is 0 Å². The maximum atomic E-state index is 6.55. The van der Waals surface area contributed by atoms with Gasteiger partial charge in [0.2, 0.25) is 11.4 Å².